The molecule has 0 radical (unpaired) electrons. The summed E-state index contributed by atoms with van der Waals surface area (Å²) in [6.45, 7) is 6.28. The van der Waals surface area contributed by atoms with Gasteiger partial charge in [-0.2, -0.15) is 0 Å². The summed E-state index contributed by atoms with van der Waals surface area (Å²) in [4.78, 5) is 36.5. The Kier molecular flexibility index (Phi) is 6.82. The smallest absolute Gasteiger partial charge is 0.338 e. The number of para-hydroxylation sites is 1. The summed E-state index contributed by atoms with van der Waals surface area (Å²) in [6.07, 6.45) is 3.81. The van der Waals surface area contributed by atoms with Gasteiger partial charge in [0, 0.05) is 28.2 Å². The molecule has 2 aromatic heterocycles. The first-order valence-electron chi connectivity index (χ1n) is 13.4. The summed E-state index contributed by atoms with van der Waals surface area (Å²) in [7, 11) is 0. The second kappa shape index (κ2) is 10.6. The van der Waals surface area contributed by atoms with Gasteiger partial charge < -0.3 is 9.72 Å². The molecular formula is C33H29N3O3S. The van der Waals surface area contributed by atoms with Crippen molar-refractivity contribution in [1.29, 1.82) is 0 Å². The Labute approximate surface area is 235 Å². The van der Waals surface area contributed by atoms with Gasteiger partial charge in [-0.05, 0) is 36.1 Å². The molecule has 1 unspecified atom stereocenters. The van der Waals surface area contributed by atoms with Crippen LogP contribution >= 0.6 is 11.3 Å². The number of aromatic amines is 1. The van der Waals surface area contributed by atoms with E-state index >= 15 is 0 Å². The van der Waals surface area contributed by atoms with Crippen LogP contribution in [0.5, 0.6) is 0 Å². The van der Waals surface area contributed by atoms with Crippen LogP contribution in [0, 0.1) is 0 Å². The fourth-order valence-electron chi connectivity index (χ4n) is 5.17. The highest BCUT2D eigenvalue weighted by Crippen LogP contribution is 2.35. The van der Waals surface area contributed by atoms with E-state index in [4.69, 9.17) is 9.73 Å². The number of carbonyl (C=O) groups is 1. The van der Waals surface area contributed by atoms with Gasteiger partial charge in [0.2, 0.25) is 0 Å². The van der Waals surface area contributed by atoms with E-state index in [0.29, 0.717) is 26.5 Å². The molecule has 3 aromatic carbocycles. The summed E-state index contributed by atoms with van der Waals surface area (Å²) in [5.41, 5.74) is 5.42. The van der Waals surface area contributed by atoms with Crippen LogP contribution in [-0.2, 0) is 9.53 Å². The monoisotopic (exact) mass is 547 g/mol. The van der Waals surface area contributed by atoms with Gasteiger partial charge in [-0.25, -0.2) is 9.79 Å². The number of ether oxygens (including phenoxy) is 1. The van der Waals surface area contributed by atoms with E-state index in [1.807, 2.05) is 79.0 Å². The highest BCUT2D eigenvalue weighted by atomic mass is 32.1. The number of thiazole rings is 1. The topological polar surface area (TPSA) is 76.4 Å². The zero-order valence-corrected chi connectivity index (χ0v) is 23.4. The molecule has 3 heterocycles. The second-order valence-corrected chi connectivity index (χ2v) is 11.1. The first-order valence-corrected chi connectivity index (χ1v) is 14.2. The lowest BCUT2D eigenvalue weighted by atomic mass is 9.91. The van der Waals surface area contributed by atoms with Crippen molar-refractivity contribution in [3.63, 3.8) is 0 Å². The van der Waals surface area contributed by atoms with Gasteiger partial charge in [-0.15, -0.1) is 0 Å². The quantitative estimate of drug-likeness (QED) is 0.284. The fraction of sp³-hybridized carbons (Fsp3) is 0.182. The summed E-state index contributed by atoms with van der Waals surface area (Å²) in [5.74, 6) is -0.124. The Balaban J connectivity index is 1.64. The third kappa shape index (κ3) is 4.52. The van der Waals surface area contributed by atoms with Crippen LogP contribution in [0.4, 0.5) is 0 Å². The van der Waals surface area contributed by atoms with Gasteiger partial charge in [0.25, 0.3) is 5.56 Å². The summed E-state index contributed by atoms with van der Waals surface area (Å²) in [6, 6.07) is 25.1. The summed E-state index contributed by atoms with van der Waals surface area (Å²) >= 11 is 1.33. The minimum atomic E-state index is -0.683. The maximum absolute atomic E-state index is 14.1. The van der Waals surface area contributed by atoms with Gasteiger partial charge in [0.05, 0.1) is 28.5 Å². The third-order valence-electron chi connectivity index (χ3n) is 7.20. The maximum atomic E-state index is 14.1. The van der Waals surface area contributed by atoms with E-state index in [2.05, 4.69) is 31.0 Å². The van der Waals surface area contributed by atoms with Crippen molar-refractivity contribution in [2.75, 3.05) is 6.61 Å². The lowest BCUT2D eigenvalue weighted by molar-refractivity contribution is -0.138. The van der Waals surface area contributed by atoms with E-state index in [9.17, 15) is 9.59 Å². The molecule has 40 heavy (non-hydrogen) atoms. The van der Waals surface area contributed by atoms with Crippen LogP contribution in [0.3, 0.4) is 0 Å². The molecule has 0 fully saturated rings. The lowest BCUT2D eigenvalue weighted by Crippen LogP contribution is -2.40. The van der Waals surface area contributed by atoms with E-state index in [0.717, 1.165) is 27.6 Å². The Morgan fingerprint density at radius 1 is 1.05 bits per heavy atom. The molecule has 0 saturated heterocycles. The number of H-pyrrole nitrogens is 1. The molecule has 1 aliphatic rings. The van der Waals surface area contributed by atoms with E-state index in [-0.39, 0.29) is 12.2 Å². The normalized spacial score (nSPS) is 15.4. The van der Waals surface area contributed by atoms with Crippen molar-refractivity contribution in [3.05, 3.63) is 133 Å². The lowest BCUT2D eigenvalue weighted by Gasteiger charge is -2.26. The van der Waals surface area contributed by atoms with Gasteiger partial charge >= 0.3 is 5.97 Å². The largest absolute Gasteiger partial charge is 0.463 e. The summed E-state index contributed by atoms with van der Waals surface area (Å²) < 4.78 is 7.75. The number of nitrogens with one attached hydrogen (secondary N) is 1. The van der Waals surface area contributed by atoms with Crippen molar-refractivity contribution in [2.45, 2.75) is 32.7 Å². The molecule has 1 aliphatic heterocycles. The molecule has 6 nitrogen and oxygen atoms in total. The number of hydrogen-bond donors (Lipinski definition) is 1. The SMILES string of the molecule is CCOC(=O)C1=C(c2ccccc2)N=c2s/c(=C\c3c[nH]c4ccccc34)c(=O)n2C1c1ccc(C(C)C)cc1. The Morgan fingerprint density at radius 3 is 2.50 bits per heavy atom. The Hall–Kier alpha value is -4.49. The standard InChI is InChI=1S/C33H29N3O3S/c1-4-39-32(38)28-29(22-10-6-5-7-11-22)35-33-36(30(28)23-16-14-21(15-17-23)20(2)3)31(37)27(40-33)18-24-19-34-26-13-9-8-12-25(24)26/h5-20,30,34H,4H2,1-3H3/b27-18-. The van der Waals surface area contributed by atoms with E-state index in [1.165, 1.54) is 16.9 Å². The fourth-order valence-corrected chi connectivity index (χ4v) is 6.17. The van der Waals surface area contributed by atoms with Gasteiger partial charge in [0.1, 0.15) is 0 Å². The highest BCUT2D eigenvalue weighted by molar-refractivity contribution is 7.07. The van der Waals surface area contributed by atoms with E-state index < -0.39 is 12.0 Å². The van der Waals surface area contributed by atoms with Crippen molar-refractivity contribution in [2.24, 2.45) is 4.99 Å². The zero-order valence-electron chi connectivity index (χ0n) is 22.5. The maximum Gasteiger partial charge on any atom is 0.338 e. The first-order chi connectivity index (χ1) is 19.5. The number of hydrogen-bond acceptors (Lipinski definition) is 5. The number of benzene rings is 3. The van der Waals surface area contributed by atoms with Crippen LogP contribution in [0.1, 0.15) is 55.0 Å². The molecule has 0 amide bonds. The van der Waals surface area contributed by atoms with Crippen molar-refractivity contribution in [1.82, 2.24) is 9.55 Å². The molecular weight excluding hydrogens is 518 g/mol. The van der Waals surface area contributed by atoms with Gasteiger partial charge in [0.15, 0.2) is 4.80 Å². The number of nitrogens with zero attached hydrogens (tertiary/aromatic N) is 2. The van der Waals surface area contributed by atoms with Crippen LogP contribution in [0.2, 0.25) is 0 Å². The van der Waals surface area contributed by atoms with Crippen LogP contribution in [0.15, 0.2) is 100 Å². The predicted octanol–water partition coefficient (Wildman–Crippen LogP) is 5.54. The van der Waals surface area contributed by atoms with Crippen molar-refractivity contribution < 1.29 is 9.53 Å². The number of esters is 1. The minimum Gasteiger partial charge on any atom is -0.463 e. The molecule has 6 rings (SSSR count). The Bertz CT molecular complexity index is 1930. The zero-order chi connectivity index (χ0) is 27.8. The molecule has 0 bridgehead atoms. The number of fused-ring (bicyclic) bond motifs is 2. The average molecular weight is 548 g/mol. The van der Waals surface area contributed by atoms with Crippen molar-refractivity contribution in [3.8, 4) is 0 Å². The van der Waals surface area contributed by atoms with Crippen LogP contribution < -0.4 is 14.9 Å². The number of carbonyl (C=O) groups excluding carboxylic acids is 1. The number of aromatic nitrogens is 2. The van der Waals surface area contributed by atoms with Gasteiger partial charge in [-0.1, -0.05) is 98.0 Å². The molecule has 0 spiro atoms. The predicted molar refractivity (Wildman–Crippen MR) is 160 cm³/mol. The highest BCUT2D eigenvalue weighted by Gasteiger charge is 2.35. The second-order valence-electron chi connectivity index (χ2n) is 10.0. The molecule has 0 aliphatic carbocycles. The first kappa shape index (κ1) is 25.8. The van der Waals surface area contributed by atoms with Crippen molar-refractivity contribution >= 4 is 40.0 Å². The summed E-state index contributed by atoms with van der Waals surface area (Å²) in [5, 5.41) is 1.03. The van der Waals surface area contributed by atoms with Gasteiger partial charge in [-0.3, -0.25) is 9.36 Å². The molecule has 0 saturated carbocycles. The average Bonchev–Trinajstić information content (AvgIpc) is 3.53. The molecule has 1 N–H and O–H groups in total. The molecule has 5 aromatic rings. The Morgan fingerprint density at radius 2 is 1.77 bits per heavy atom. The molecule has 1 atom stereocenters. The third-order valence-corrected chi connectivity index (χ3v) is 8.18. The van der Waals surface area contributed by atoms with E-state index in [1.54, 1.807) is 11.5 Å². The molecule has 7 heteroatoms. The van der Waals surface area contributed by atoms with Crippen LogP contribution in [0.25, 0.3) is 22.7 Å². The molecule has 200 valence electrons. The van der Waals surface area contributed by atoms with Crippen LogP contribution in [-0.4, -0.2) is 22.1 Å². The minimum absolute atomic E-state index is 0.194. The number of rotatable bonds is 6.